The topological polar surface area (TPSA) is 41.1 Å². The predicted octanol–water partition coefficient (Wildman–Crippen LogP) is 2.97. The standard InChI is InChI=1S/C15H24N2OS/c1-5-10-17-11(2)13-6-8-14(9-7-13)19-12(3)15(18)16-4/h6-9,11-12,17H,5,10H2,1-4H3,(H,16,18). The first kappa shape index (κ1) is 16.1. The first-order valence-corrected chi connectivity index (χ1v) is 7.68. The lowest BCUT2D eigenvalue weighted by Gasteiger charge is -2.14. The Morgan fingerprint density at radius 1 is 1.26 bits per heavy atom. The van der Waals surface area contributed by atoms with Crippen molar-refractivity contribution in [2.45, 2.75) is 43.4 Å². The number of thioether (sulfide) groups is 1. The summed E-state index contributed by atoms with van der Waals surface area (Å²) in [6, 6.07) is 8.81. The highest BCUT2D eigenvalue weighted by atomic mass is 32.2. The van der Waals surface area contributed by atoms with Gasteiger partial charge in [-0.3, -0.25) is 4.79 Å². The number of carbonyl (C=O) groups excluding carboxylic acids is 1. The largest absolute Gasteiger partial charge is 0.358 e. The summed E-state index contributed by atoms with van der Waals surface area (Å²) in [5.41, 5.74) is 1.28. The molecule has 0 aliphatic rings. The first-order valence-electron chi connectivity index (χ1n) is 6.80. The molecule has 1 rings (SSSR count). The smallest absolute Gasteiger partial charge is 0.232 e. The van der Waals surface area contributed by atoms with Gasteiger partial charge in [0.1, 0.15) is 0 Å². The molecular formula is C15H24N2OS. The van der Waals surface area contributed by atoms with Gasteiger partial charge in [0.15, 0.2) is 0 Å². The molecule has 3 nitrogen and oxygen atoms in total. The van der Waals surface area contributed by atoms with Crippen LogP contribution >= 0.6 is 11.8 Å². The zero-order valence-electron chi connectivity index (χ0n) is 12.2. The van der Waals surface area contributed by atoms with Crippen LogP contribution in [-0.2, 0) is 4.79 Å². The van der Waals surface area contributed by atoms with Gasteiger partial charge in [0.05, 0.1) is 5.25 Å². The molecule has 0 heterocycles. The summed E-state index contributed by atoms with van der Waals surface area (Å²) in [5, 5.41) is 6.07. The van der Waals surface area contributed by atoms with Gasteiger partial charge >= 0.3 is 0 Å². The van der Waals surface area contributed by atoms with E-state index in [0.29, 0.717) is 6.04 Å². The van der Waals surface area contributed by atoms with E-state index in [0.717, 1.165) is 17.9 Å². The summed E-state index contributed by atoms with van der Waals surface area (Å²) in [4.78, 5) is 12.6. The molecule has 0 saturated heterocycles. The molecule has 1 aromatic rings. The normalized spacial score (nSPS) is 13.9. The maximum Gasteiger partial charge on any atom is 0.232 e. The van der Waals surface area contributed by atoms with Crippen LogP contribution in [0.5, 0.6) is 0 Å². The average Bonchev–Trinajstić information content (AvgIpc) is 2.44. The zero-order chi connectivity index (χ0) is 14.3. The fraction of sp³-hybridized carbons (Fsp3) is 0.533. The maximum absolute atomic E-state index is 11.5. The molecule has 2 N–H and O–H groups in total. The minimum Gasteiger partial charge on any atom is -0.358 e. The second-order valence-electron chi connectivity index (χ2n) is 4.62. The van der Waals surface area contributed by atoms with Gasteiger partial charge in [-0.2, -0.15) is 0 Å². The molecule has 0 aliphatic heterocycles. The van der Waals surface area contributed by atoms with E-state index < -0.39 is 0 Å². The van der Waals surface area contributed by atoms with E-state index in [2.05, 4.69) is 48.7 Å². The Bertz CT molecular complexity index is 392. The highest BCUT2D eigenvalue weighted by Gasteiger charge is 2.12. The molecule has 106 valence electrons. The summed E-state index contributed by atoms with van der Waals surface area (Å²) >= 11 is 1.58. The maximum atomic E-state index is 11.5. The van der Waals surface area contributed by atoms with Crippen LogP contribution in [0.1, 0.15) is 38.8 Å². The van der Waals surface area contributed by atoms with Crippen molar-refractivity contribution in [2.75, 3.05) is 13.6 Å². The van der Waals surface area contributed by atoms with Crippen molar-refractivity contribution in [3.05, 3.63) is 29.8 Å². The minimum absolute atomic E-state index is 0.0621. The first-order chi connectivity index (χ1) is 9.08. The molecule has 0 bridgehead atoms. The lowest BCUT2D eigenvalue weighted by molar-refractivity contribution is -0.119. The lowest BCUT2D eigenvalue weighted by atomic mass is 10.1. The highest BCUT2D eigenvalue weighted by Crippen LogP contribution is 2.25. The molecule has 19 heavy (non-hydrogen) atoms. The molecule has 0 fully saturated rings. The average molecular weight is 280 g/mol. The highest BCUT2D eigenvalue weighted by molar-refractivity contribution is 8.00. The number of amides is 1. The van der Waals surface area contributed by atoms with E-state index in [4.69, 9.17) is 0 Å². The molecule has 2 atom stereocenters. The molecule has 1 aromatic carbocycles. The van der Waals surface area contributed by atoms with Crippen LogP contribution in [0.15, 0.2) is 29.2 Å². The second-order valence-corrected chi connectivity index (χ2v) is 6.03. The second kappa shape index (κ2) is 8.23. The number of carbonyl (C=O) groups is 1. The van der Waals surface area contributed by atoms with E-state index in [-0.39, 0.29) is 11.2 Å². The molecular weight excluding hydrogens is 256 g/mol. The van der Waals surface area contributed by atoms with Crippen LogP contribution in [-0.4, -0.2) is 24.7 Å². The SMILES string of the molecule is CCCNC(C)c1ccc(SC(C)C(=O)NC)cc1. The van der Waals surface area contributed by atoms with E-state index in [1.165, 1.54) is 5.56 Å². The van der Waals surface area contributed by atoms with E-state index in [1.807, 2.05) is 6.92 Å². The molecule has 1 amide bonds. The summed E-state index contributed by atoms with van der Waals surface area (Å²) in [7, 11) is 1.67. The molecule has 0 spiro atoms. The third kappa shape index (κ3) is 5.25. The van der Waals surface area contributed by atoms with Gasteiger partial charge in [-0.05, 0) is 44.5 Å². The van der Waals surface area contributed by atoms with Crippen LogP contribution in [0, 0.1) is 0 Å². The third-order valence-corrected chi connectivity index (χ3v) is 4.12. The van der Waals surface area contributed by atoms with Gasteiger partial charge in [0.25, 0.3) is 0 Å². The molecule has 0 radical (unpaired) electrons. The van der Waals surface area contributed by atoms with Crippen molar-refractivity contribution in [3.8, 4) is 0 Å². The number of hydrogen-bond acceptors (Lipinski definition) is 3. The Balaban J connectivity index is 2.58. The van der Waals surface area contributed by atoms with Crippen LogP contribution in [0.25, 0.3) is 0 Å². The fourth-order valence-electron chi connectivity index (χ4n) is 1.77. The van der Waals surface area contributed by atoms with Crippen molar-refractivity contribution in [3.63, 3.8) is 0 Å². The van der Waals surface area contributed by atoms with Crippen molar-refractivity contribution < 1.29 is 4.79 Å². The Morgan fingerprint density at radius 3 is 2.42 bits per heavy atom. The van der Waals surface area contributed by atoms with Crippen molar-refractivity contribution in [1.29, 1.82) is 0 Å². The van der Waals surface area contributed by atoms with Crippen molar-refractivity contribution in [2.24, 2.45) is 0 Å². The van der Waals surface area contributed by atoms with Gasteiger partial charge in [-0.1, -0.05) is 19.1 Å². The Labute approximate surface area is 120 Å². The lowest BCUT2D eigenvalue weighted by Crippen LogP contribution is -2.27. The minimum atomic E-state index is -0.0634. The van der Waals surface area contributed by atoms with Crippen LogP contribution < -0.4 is 10.6 Å². The van der Waals surface area contributed by atoms with Crippen LogP contribution in [0.3, 0.4) is 0 Å². The molecule has 2 unspecified atom stereocenters. The zero-order valence-corrected chi connectivity index (χ0v) is 13.0. The molecule has 0 saturated carbocycles. The van der Waals surface area contributed by atoms with Crippen molar-refractivity contribution in [1.82, 2.24) is 10.6 Å². The van der Waals surface area contributed by atoms with Crippen LogP contribution in [0.4, 0.5) is 0 Å². The van der Waals surface area contributed by atoms with Gasteiger partial charge < -0.3 is 10.6 Å². The summed E-state index contributed by atoms with van der Waals surface area (Å²) in [6.45, 7) is 7.29. The predicted molar refractivity (Wildman–Crippen MR) is 82.5 cm³/mol. The number of rotatable bonds is 7. The monoisotopic (exact) mass is 280 g/mol. The summed E-state index contributed by atoms with van der Waals surface area (Å²) in [6.07, 6.45) is 1.14. The Morgan fingerprint density at radius 2 is 1.89 bits per heavy atom. The number of hydrogen-bond donors (Lipinski definition) is 2. The molecule has 0 aliphatic carbocycles. The number of nitrogens with one attached hydrogen (secondary N) is 2. The summed E-state index contributed by atoms with van der Waals surface area (Å²) < 4.78 is 0. The van der Waals surface area contributed by atoms with E-state index >= 15 is 0 Å². The fourth-order valence-corrected chi connectivity index (χ4v) is 2.70. The van der Waals surface area contributed by atoms with E-state index in [1.54, 1.807) is 18.8 Å². The molecule has 4 heteroatoms. The number of benzene rings is 1. The van der Waals surface area contributed by atoms with E-state index in [9.17, 15) is 4.79 Å². The van der Waals surface area contributed by atoms with Gasteiger partial charge in [0.2, 0.25) is 5.91 Å². The van der Waals surface area contributed by atoms with Crippen LogP contribution in [0.2, 0.25) is 0 Å². The van der Waals surface area contributed by atoms with Gasteiger partial charge in [0, 0.05) is 18.0 Å². The summed E-state index contributed by atoms with van der Waals surface area (Å²) in [5.74, 6) is 0.0621. The quantitative estimate of drug-likeness (QED) is 0.755. The van der Waals surface area contributed by atoms with Gasteiger partial charge in [-0.15, -0.1) is 11.8 Å². The Hall–Kier alpha value is -1.00. The molecule has 0 aromatic heterocycles. The van der Waals surface area contributed by atoms with Gasteiger partial charge in [-0.25, -0.2) is 0 Å². The Kier molecular flexibility index (Phi) is 6.95. The third-order valence-electron chi connectivity index (χ3n) is 3.01. The van der Waals surface area contributed by atoms with Crippen molar-refractivity contribution >= 4 is 17.7 Å².